The molecule has 0 saturated heterocycles. The molecule has 86 valence electrons. The van der Waals surface area contributed by atoms with Gasteiger partial charge in [-0.1, -0.05) is 11.8 Å². The lowest BCUT2D eigenvalue weighted by Crippen LogP contribution is -2.14. The van der Waals surface area contributed by atoms with E-state index in [0.29, 0.717) is 11.5 Å². The average molecular weight is 220 g/mol. The van der Waals surface area contributed by atoms with Gasteiger partial charge in [-0.2, -0.15) is 0 Å². The molecule has 1 aromatic carbocycles. The highest BCUT2D eigenvalue weighted by Crippen LogP contribution is 2.23. The zero-order chi connectivity index (χ0) is 12.2. The molecule has 0 spiro atoms. The van der Waals surface area contributed by atoms with Crippen molar-refractivity contribution in [3.05, 3.63) is 23.8 Å². The molecule has 0 fully saturated rings. The Bertz CT molecular complexity index is 419. The molecule has 0 atom stereocenters. The highest BCUT2D eigenvalue weighted by molar-refractivity contribution is 5.50. The molecular formula is C13H16O3. The number of benzene rings is 1. The van der Waals surface area contributed by atoms with E-state index in [1.807, 2.05) is 0 Å². The molecule has 0 unspecified atom stereocenters. The second kappa shape index (κ2) is 4.91. The summed E-state index contributed by atoms with van der Waals surface area (Å²) in [6, 6.07) is 5.36. The Morgan fingerprint density at radius 1 is 1.19 bits per heavy atom. The fraction of sp³-hybridized carbons (Fsp3) is 0.385. The Balaban J connectivity index is 3.08. The molecule has 3 nitrogen and oxygen atoms in total. The van der Waals surface area contributed by atoms with Crippen LogP contribution in [0.15, 0.2) is 18.2 Å². The first-order valence-corrected chi connectivity index (χ1v) is 4.94. The molecule has 0 bridgehead atoms. The standard InChI is InChI=1S/C13H16O3/c1-13(2,14)8-7-10-5-6-11(15-3)9-12(10)16-4/h5-6,9,14H,1-4H3. The molecule has 1 aromatic rings. The fourth-order valence-corrected chi connectivity index (χ4v) is 1.12. The zero-order valence-corrected chi connectivity index (χ0v) is 10.00. The van der Waals surface area contributed by atoms with Crippen LogP contribution in [0.1, 0.15) is 19.4 Å². The molecule has 0 aliphatic rings. The number of hydrogen-bond acceptors (Lipinski definition) is 3. The summed E-state index contributed by atoms with van der Waals surface area (Å²) in [7, 11) is 3.17. The molecule has 1 N–H and O–H groups in total. The highest BCUT2D eigenvalue weighted by Gasteiger charge is 2.07. The Kier molecular flexibility index (Phi) is 3.81. The normalized spacial score (nSPS) is 10.3. The molecule has 0 aliphatic heterocycles. The number of rotatable bonds is 2. The van der Waals surface area contributed by atoms with E-state index in [1.54, 1.807) is 46.3 Å². The second-order valence-corrected chi connectivity index (χ2v) is 3.88. The molecule has 0 aliphatic carbocycles. The van der Waals surface area contributed by atoms with Gasteiger partial charge in [0, 0.05) is 6.07 Å². The van der Waals surface area contributed by atoms with Crippen LogP contribution in [0.2, 0.25) is 0 Å². The van der Waals surface area contributed by atoms with Crippen molar-refractivity contribution in [3.63, 3.8) is 0 Å². The molecule has 0 amide bonds. The SMILES string of the molecule is COc1ccc(C#CC(C)(C)O)c(OC)c1. The largest absolute Gasteiger partial charge is 0.497 e. The lowest BCUT2D eigenvalue weighted by molar-refractivity contribution is 0.143. The number of ether oxygens (including phenoxy) is 2. The quantitative estimate of drug-likeness (QED) is 0.773. The zero-order valence-electron chi connectivity index (χ0n) is 10.00. The van der Waals surface area contributed by atoms with Gasteiger partial charge < -0.3 is 14.6 Å². The van der Waals surface area contributed by atoms with E-state index in [0.717, 1.165) is 5.56 Å². The lowest BCUT2D eigenvalue weighted by Gasteiger charge is -2.08. The summed E-state index contributed by atoms with van der Waals surface area (Å²) in [5.74, 6) is 6.96. The van der Waals surface area contributed by atoms with E-state index >= 15 is 0 Å². The minimum atomic E-state index is -1.01. The molecule has 16 heavy (non-hydrogen) atoms. The third-order valence-electron chi connectivity index (χ3n) is 1.91. The molecule has 3 heteroatoms. The molecule has 0 saturated carbocycles. The van der Waals surface area contributed by atoms with Crippen LogP contribution in [0, 0.1) is 11.8 Å². The van der Waals surface area contributed by atoms with Gasteiger partial charge in [-0.15, -0.1) is 0 Å². The minimum absolute atomic E-state index is 0.635. The van der Waals surface area contributed by atoms with Crippen LogP contribution in [-0.4, -0.2) is 24.9 Å². The van der Waals surface area contributed by atoms with Crippen molar-refractivity contribution in [2.75, 3.05) is 14.2 Å². The molecule has 1 rings (SSSR count). The summed E-state index contributed by atoms with van der Waals surface area (Å²) in [5.41, 5.74) is -0.282. The van der Waals surface area contributed by atoms with Gasteiger partial charge in [-0.25, -0.2) is 0 Å². The highest BCUT2D eigenvalue weighted by atomic mass is 16.5. The topological polar surface area (TPSA) is 38.7 Å². The van der Waals surface area contributed by atoms with Crippen molar-refractivity contribution < 1.29 is 14.6 Å². The minimum Gasteiger partial charge on any atom is -0.497 e. The summed E-state index contributed by atoms with van der Waals surface area (Å²) < 4.78 is 10.3. The van der Waals surface area contributed by atoms with Crippen LogP contribution in [0.5, 0.6) is 11.5 Å². The maximum Gasteiger partial charge on any atom is 0.138 e. The summed E-state index contributed by atoms with van der Waals surface area (Å²) in [6.07, 6.45) is 0. The van der Waals surface area contributed by atoms with Gasteiger partial charge in [-0.3, -0.25) is 0 Å². The van der Waals surface area contributed by atoms with Crippen molar-refractivity contribution in [1.82, 2.24) is 0 Å². The van der Waals surface area contributed by atoms with Crippen molar-refractivity contribution >= 4 is 0 Å². The van der Waals surface area contributed by atoms with Gasteiger partial charge in [0.25, 0.3) is 0 Å². The van der Waals surface area contributed by atoms with Crippen LogP contribution in [0.3, 0.4) is 0 Å². The fourth-order valence-electron chi connectivity index (χ4n) is 1.12. The summed E-state index contributed by atoms with van der Waals surface area (Å²) in [5, 5.41) is 9.50. The number of methoxy groups -OCH3 is 2. The van der Waals surface area contributed by atoms with Crippen LogP contribution in [0.25, 0.3) is 0 Å². The Labute approximate surface area is 96.0 Å². The van der Waals surface area contributed by atoms with E-state index in [-0.39, 0.29) is 0 Å². The van der Waals surface area contributed by atoms with Gasteiger partial charge >= 0.3 is 0 Å². The third kappa shape index (κ3) is 3.48. The summed E-state index contributed by atoms with van der Waals surface area (Å²) in [6.45, 7) is 3.27. The van der Waals surface area contributed by atoms with Crippen molar-refractivity contribution in [3.8, 4) is 23.3 Å². The number of aliphatic hydroxyl groups is 1. The summed E-state index contributed by atoms with van der Waals surface area (Å²) in [4.78, 5) is 0. The predicted molar refractivity (Wildman–Crippen MR) is 62.7 cm³/mol. The molecule has 0 radical (unpaired) electrons. The average Bonchev–Trinajstić information content (AvgIpc) is 2.25. The maximum atomic E-state index is 9.50. The predicted octanol–water partition coefficient (Wildman–Crippen LogP) is 1.83. The van der Waals surface area contributed by atoms with E-state index in [1.165, 1.54) is 0 Å². The van der Waals surface area contributed by atoms with Crippen LogP contribution in [-0.2, 0) is 0 Å². The Hall–Kier alpha value is -1.66. The monoisotopic (exact) mass is 220 g/mol. The second-order valence-electron chi connectivity index (χ2n) is 3.88. The third-order valence-corrected chi connectivity index (χ3v) is 1.91. The summed E-state index contributed by atoms with van der Waals surface area (Å²) >= 11 is 0. The van der Waals surface area contributed by atoms with Crippen molar-refractivity contribution in [2.45, 2.75) is 19.4 Å². The molecule has 0 heterocycles. The molecular weight excluding hydrogens is 204 g/mol. The first kappa shape index (κ1) is 12.4. The van der Waals surface area contributed by atoms with E-state index in [4.69, 9.17) is 9.47 Å². The Morgan fingerprint density at radius 3 is 2.38 bits per heavy atom. The van der Waals surface area contributed by atoms with Gasteiger partial charge in [0.2, 0.25) is 0 Å². The smallest absolute Gasteiger partial charge is 0.138 e. The first-order valence-electron chi connectivity index (χ1n) is 4.94. The first-order chi connectivity index (χ1) is 7.46. The van der Waals surface area contributed by atoms with E-state index in [2.05, 4.69) is 11.8 Å². The maximum absolute atomic E-state index is 9.50. The van der Waals surface area contributed by atoms with Gasteiger partial charge in [0.1, 0.15) is 17.1 Å². The van der Waals surface area contributed by atoms with Crippen molar-refractivity contribution in [2.24, 2.45) is 0 Å². The van der Waals surface area contributed by atoms with Crippen LogP contribution in [0.4, 0.5) is 0 Å². The van der Waals surface area contributed by atoms with Gasteiger partial charge in [0.15, 0.2) is 0 Å². The van der Waals surface area contributed by atoms with E-state index in [9.17, 15) is 5.11 Å². The Morgan fingerprint density at radius 2 is 1.88 bits per heavy atom. The lowest BCUT2D eigenvalue weighted by atomic mass is 10.1. The van der Waals surface area contributed by atoms with Crippen LogP contribution >= 0.6 is 0 Å². The van der Waals surface area contributed by atoms with Gasteiger partial charge in [-0.05, 0) is 26.0 Å². The van der Waals surface area contributed by atoms with Crippen molar-refractivity contribution in [1.29, 1.82) is 0 Å². The van der Waals surface area contributed by atoms with Crippen LogP contribution < -0.4 is 9.47 Å². The van der Waals surface area contributed by atoms with E-state index < -0.39 is 5.60 Å². The number of hydrogen-bond donors (Lipinski definition) is 1. The molecule has 0 aromatic heterocycles. The van der Waals surface area contributed by atoms with Gasteiger partial charge in [0.05, 0.1) is 19.8 Å².